The maximum absolute atomic E-state index is 13.5. The molecule has 1 aliphatic heterocycles. The molecule has 122 valence electrons. The van der Waals surface area contributed by atoms with E-state index in [1.807, 2.05) is 11.0 Å². The van der Waals surface area contributed by atoms with Crippen molar-refractivity contribution in [3.63, 3.8) is 0 Å². The molecule has 1 amide bonds. The third-order valence-corrected chi connectivity index (χ3v) is 4.29. The minimum absolute atomic E-state index is 0.0521. The molecule has 0 unspecified atom stereocenters. The Balaban J connectivity index is 1.85. The van der Waals surface area contributed by atoms with Crippen LogP contribution in [-0.2, 0) is 11.3 Å². The highest BCUT2D eigenvalue weighted by Gasteiger charge is 2.27. The number of amides is 1. The van der Waals surface area contributed by atoms with Crippen LogP contribution in [0.3, 0.4) is 0 Å². The fourth-order valence-corrected chi connectivity index (χ4v) is 2.95. The van der Waals surface area contributed by atoms with Crippen molar-refractivity contribution in [2.75, 3.05) is 13.1 Å². The second-order valence-corrected chi connectivity index (χ2v) is 6.13. The number of aliphatic hydroxyl groups excluding tert-OH is 1. The summed E-state index contributed by atoms with van der Waals surface area (Å²) in [4.78, 5) is 14.1. The van der Waals surface area contributed by atoms with Gasteiger partial charge < -0.3 is 10.4 Å². The van der Waals surface area contributed by atoms with Crippen molar-refractivity contribution in [1.29, 1.82) is 0 Å². The Hall–Kier alpha value is -1.46. The van der Waals surface area contributed by atoms with Gasteiger partial charge in [-0.2, -0.15) is 0 Å². The minimum atomic E-state index is -0.431. The molecule has 1 saturated heterocycles. The number of rotatable bonds is 5. The first-order valence-electron chi connectivity index (χ1n) is 7.91. The SMILES string of the molecule is Cc1ccc(CNC(=O)CN2CCCC[C@@H]2[C@H](C)O)cc1F. The van der Waals surface area contributed by atoms with Gasteiger partial charge in [-0.25, -0.2) is 4.39 Å². The van der Waals surface area contributed by atoms with Gasteiger partial charge in [-0.3, -0.25) is 9.69 Å². The lowest BCUT2D eigenvalue weighted by molar-refractivity contribution is -0.124. The molecule has 4 nitrogen and oxygen atoms in total. The van der Waals surface area contributed by atoms with Crippen LogP contribution in [0.1, 0.15) is 37.3 Å². The maximum Gasteiger partial charge on any atom is 0.234 e. The molecule has 1 aromatic rings. The average molecular weight is 308 g/mol. The lowest BCUT2D eigenvalue weighted by Crippen LogP contribution is -2.49. The lowest BCUT2D eigenvalue weighted by atomic mass is 9.98. The fraction of sp³-hybridized carbons (Fsp3) is 0.588. The molecule has 0 aromatic heterocycles. The van der Waals surface area contributed by atoms with Crippen LogP contribution in [0.15, 0.2) is 18.2 Å². The van der Waals surface area contributed by atoms with E-state index >= 15 is 0 Å². The summed E-state index contributed by atoms with van der Waals surface area (Å²) in [6.07, 6.45) is 2.64. The number of benzene rings is 1. The zero-order valence-corrected chi connectivity index (χ0v) is 13.3. The molecule has 0 aliphatic carbocycles. The monoisotopic (exact) mass is 308 g/mol. The minimum Gasteiger partial charge on any atom is -0.392 e. The van der Waals surface area contributed by atoms with Crippen molar-refractivity contribution in [2.24, 2.45) is 0 Å². The number of aryl methyl sites for hydroxylation is 1. The molecule has 0 bridgehead atoms. The van der Waals surface area contributed by atoms with E-state index in [4.69, 9.17) is 0 Å². The molecule has 0 radical (unpaired) electrons. The summed E-state index contributed by atoms with van der Waals surface area (Å²) < 4.78 is 13.5. The van der Waals surface area contributed by atoms with Gasteiger partial charge in [0, 0.05) is 12.6 Å². The fourth-order valence-electron chi connectivity index (χ4n) is 2.95. The summed E-state index contributed by atoms with van der Waals surface area (Å²) in [5, 5.41) is 12.6. The summed E-state index contributed by atoms with van der Waals surface area (Å²) in [6.45, 7) is 4.93. The third-order valence-electron chi connectivity index (χ3n) is 4.29. The van der Waals surface area contributed by atoms with E-state index in [2.05, 4.69) is 5.32 Å². The van der Waals surface area contributed by atoms with Crippen molar-refractivity contribution in [3.05, 3.63) is 35.1 Å². The molecule has 1 aromatic carbocycles. The molecule has 5 heteroatoms. The van der Waals surface area contributed by atoms with Crippen LogP contribution in [0.25, 0.3) is 0 Å². The summed E-state index contributed by atoms with van der Waals surface area (Å²) >= 11 is 0. The highest BCUT2D eigenvalue weighted by molar-refractivity contribution is 5.78. The van der Waals surface area contributed by atoms with E-state index < -0.39 is 6.10 Å². The Bertz CT molecular complexity index is 519. The molecule has 0 spiro atoms. The van der Waals surface area contributed by atoms with Gasteiger partial charge in [-0.1, -0.05) is 18.6 Å². The number of carbonyl (C=O) groups is 1. The van der Waals surface area contributed by atoms with E-state index in [-0.39, 0.29) is 24.3 Å². The Labute approximate surface area is 131 Å². The van der Waals surface area contributed by atoms with Crippen molar-refractivity contribution in [2.45, 2.75) is 51.8 Å². The molecular weight excluding hydrogens is 283 g/mol. The van der Waals surface area contributed by atoms with Crippen LogP contribution in [0.5, 0.6) is 0 Å². The van der Waals surface area contributed by atoms with E-state index in [1.165, 1.54) is 6.07 Å². The zero-order chi connectivity index (χ0) is 16.1. The van der Waals surface area contributed by atoms with Crippen LogP contribution >= 0.6 is 0 Å². The largest absolute Gasteiger partial charge is 0.392 e. The number of nitrogens with zero attached hydrogens (tertiary/aromatic N) is 1. The standard InChI is InChI=1S/C17H25FN2O2/c1-12-6-7-14(9-15(12)18)10-19-17(22)11-20-8-4-3-5-16(20)13(2)21/h6-7,9,13,16,21H,3-5,8,10-11H2,1-2H3,(H,19,22)/t13-,16+/m0/s1. The molecule has 22 heavy (non-hydrogen) atoms. The molecule has 2 rings (SSSR count). The van der Waals surface area contributed by atoms with E-state index in [0.717, 1.165) is 31.4 Å². The maximum atomic E-state index is 13.5. The number of carbonyl (C=O) groups excluding carboxylic acids is 1. The topological polar surface area (TPSA) is 52.6 Å². The number of nitrogens with one attached hydrogen (secondary N) is 1. The number of halogens is 1. The first-order chi connectivity index (χ1) is 10.5. The summed E-state index contributed by atoms with van der Waals surface area (Å²) in [5.74, 6) is -0.342. The van der Waals surface area contributed by atoms with Crippen molar-refractivity contribution in [1.82, 2.24) is 10.2 Å². The molecule has 2 N–H and O–H groups in total. The molecule has 1 fully saturated rings. The Morgan fingerprint density at radius 3 is 2.95 bits per heavy atom. The number of likely N-dealkylation sites (tertiary alicyclic amines) is 1. The number of hydrogen-bond acceptors (Lipinski definition) is 3. The van der Waals surface area contributed by atoms with Crippen LogP contribution in [0.2, 0.25) is 0 Å². The normalized spacial score (nSPS) is 20.6. The van der Waals surface area contributed by atoms with Crippen LogP contribution < -0.4 is 5.32 Å². The summed E-state index contributed by atoms with van der Waals surface area (Å²) in [5.41, 5.74) is 1.35. The van der Waals surface area contributed by atoms with Gasteiger partial charge in [0.2, 0.25) is 5.91 Å². The summed E-state index contributed by atoms with van der Waals surface area (Å²) in [7, 11) is 0. The average Bonchev–Trinajstić information content (AvgIpc) is 2.49. The number of hydrogen-bond donors (Lipinski definition) is 2. The highest BCUT2D eigenvalue weighted by atomic mass is 19.1. The van der Waals surface area contributed by atoms with E-state index in [1.54, 1.807) is 19.9 Å². The third kappa shape index (κ3) is 4.52. The van der Waals surface area contributed by atoms with Gasteiger partial charge >= 0.3 is 0 Å². The van der Waals surface area contributed by atoms with E-state index in [9.17, 15) is 14.3 Å². The van der Waals surface area contributed by atoms with Gasteiger partial charge in [-0.15, -0.1) is 0 Å². The Morgan fingerprint density at radius 2 is 2.27 bits per heavy atom. The van der Waals surface area contributed by atoms with Gasteiger partial charge in [0.25, 0.3) is 0 Å². The Kier molecular flexibility index (Phi) is 5.91. The van der Waals surface area contributed by atoms with Gasteiger partial charge in [0.15, 0.2) is 0 Å². The Morgan fingerprint density at radius 1 is 1.50 bits per heavy atom. The van der Waals surface area contributed by atoms with Gasteiger partial charge in [0.1, 0.15) is 5.82 Å². The smallest absolute Gasteiger partial charge is 0.234 e. The predicted molar refractivity (Wildman–Crippen MR) is 83.9 cm³/mol. The molecular formula is C17H25FN2O2. The second kappa shape index (κ2) is 7.70. The number of piperidine rings is 1. The van der Waals surface area contributed by atoms with E-state index in [0.29, 0.717) is 12.1 Å². The molecule has 0 saturated carbocycles. The second-order valence-electron chi connectivity index (χ2n) is 6.13. The molecule has 1 heterocycles. The van der Waals surface area contributed by atoms with Crippen molar-refractivity contribution < 1.29 is 14.3 Å². The zero-order valence-electron chi connectivity index (χ0n) is 13.3. The van der Waals surface area contributed by atoms with Gasteiger partial charge in [-0.05, 0) is 50.4 Å². The van der Waals surface area contributed by atoms with Crippen LogP contribution in [0, 0.1) is 12.7 Å². The highest BCUT2D eigenvalue weighted by Crippen LogP contribution is 2.19. The number of aliphatic hydroxyl groups is 1. The quantitative estimate of drug-likeness (QED) is 0.874. The van der Waals surface area contributed by atoms with Crippen LogP contribution in [0.4, 0.5) is 4.39 Å². The molecule has 1 aliphatic rings. The van der Waals surface area contributed by atoms with Crippen molar-refractivity contribution >= 4 is 5.91 Å². The first kappa shape index (κ1) is 16.9. The predicted octanol–water partition coefficient (Wildman–Crippen LogP) is 1.99. The first-order valence-corrected chi connectivity index (χ1v) is 7.91. The lowest BCUT2D eigenvalue weighted by Gasteiger charge is -2.36. The molecule has 2 atom stereocenters. The van der Waals surface area contributed by atoms with Crippen LogP contribution in [-0.4, -0.2) is 41.1 Å². The summed E-state index contributed by atoms with van der Waals surface area (Å²) in [6, 6.07) is 5.04. The van der Waals surface area contributed by atoms with Crippen molar-refractivity contribution in [3.8, 4) is 0 Å². The van der Waals surface area contributed by atoms with Gasteiger partial charge in [0.05, 0.1) is 12.6 Å².